The number of carbonyl (C=O) groups excluding carboxylic acids is 2. The van der Waals surface area contributed by atoms with Crippen molar-refractivity contribution in [2.24, 2.45) is 0 Å². The number of allylic oxidation sites excluding steroid dienone is 1. The van der Waals surface area contributed by atoms with Gasteiger partial charge in [-0.3, -0.25) is 9.59 Å². The quantitative estimate of drug-likeness (QED) is 0.476. The lowest BCUT2D eigenvalue weighted by Gasteiger charge is -2.13. The minimum Gasteiger partial charge on any atom is -0.450 e. The summed E-state index contributed by atoms with van der Waals surface area (Å²) >= 11 is 0. The van der Waals surface area contributed by atoms with E-state index in [1.165, 1.54) is 13.8 Å². The van der Waals surface area contributed by atoms with E-state index in [0.29, 0.717) is 0 Å². The predicted octanol–water partition coefficient (Wildman–Crippen LogP) is 1.47. The Hall–Kier alpha value is -1.12. The lowest BCUT2D eigenvalue weighted by atomic mass is 10.1. The largest absolute Gasteiger partial charge is 0.450 e. The van der Waals surface area contributed by atoms with E-state index in [0.717, 1.165) is 5.57 Å². The second-order valence-electron chi connectivity index (χ2n) is 2.63. The van der Waals surface area contributed by atoms with Gasteiger partial charge in [-0.2, -0.15) is 0 Å². The normalized spacial score (nSPS) is 13.8. The Morgan fingerprint density at radius 2 is 1.75 bits per heavy atom. The fourth-order valence-corrected chi connectivity index (χ4v) is 0.814. The zero-order valence-electron chi connectivity index (χ0n) is 7.88. The number of rotatable bonds is 3. The summed E-state index contributed by atoms with van der Waals surface area (Å²) in [5, 5.41) is 0. The molecule has 3 heteroatoms. The molecule has 0 heterocycles. The van der Waals surface area contributed by atoms with E-state index in [9.17, 15) is 9.59 Å². The molecule has 0 fully saturated rings. The molecule has 0 aliphatic rings. The molecule has 0 saturated carbocycles. The number of hydrogen-bond acceptors (Lipinski definition) is 3. The highest BCUT2D eigenvalue weighted by Crippen LogP contribution is 2.07. The van der Waals surface area contributed by atoms with E-state index >= 15 is 0 Å². The molecule has 1 unspecified atom stereocenters. The second-order valence-corrected chi connectivity index (χ2v) is 2.63. The average Bonchev–Trinajstić information content (AvgIpc) is 1.98. The maximum Gasteiger partial charge on any atom is 0.303 e. The second kappa shape index (κ2) is 4.70. The number of ketones is 1. The lowest BCUT2D eigenvalue weighted by molar-refractivity contribution is -0.150. The molecular formula is C9H14O3. The highest BCUT2D eigenvalue weighted by molar-refractivity contribution is 5.85. The predicted molar refractivity (Wildman–Crippen MR) is 45.7 cm³/mol. The standard InChI is InChI=1S/C9H14O3/c1-5-6(2)9(7(3)10)12-8(4)11/h5,9H,1-4H3. The first-order valence-electron chi connectivity index (χ1n) is 3.79. The Balaban J connectivity index is 4.45. The first-order valence-corrected chi connectivity index (χ1v) is 3.79. The summed E-state index contributed by atoms with van der Waals surface area (Å²) in [7, 11) is 0. The Morgan fingerprint density at radius 1 is 1.25 bits per heavy atom. The first-order chi connectivity index (χ1) is 5.49. The maximum atomic E-state index is 11.0. The van der Waals surface area contributed by atoms with Gasteiger partial charge in [-0.15, -0.1) is 0 Å². The van der Waals surface area contributed by atoms with Crippen LogP contribution in [0.25, 0.3) is 0 Å². The van der Waals surface area contributed by atoms with Crippen molar-refractivity contribution in [3.05, 3.63) is 11.6 Å². The van der Waals surface area contributed by atoms with Crippen LogP contribution in [-0.4, -0.2) is 17.9 Å². The van der Waals surface area contributed by atoms with Crippen molar-refractivity contribution >= 4 is 11.8 Å². The number of Topliss-reactive ketones (excluding diaryl/α,β-unsaturated/α-hetero) is 1. The third kappa shape index (κ3) is 3.32. The summed E-state index contributed by atoms with van der Waals surface area (Å²) in [6.45, 7) is 6.25. The van der Waals surface area contributed by atoms with Crippen molar-refractivity contribution in [2.45, 2.75) is 33.8 Å². The van der Waals surface area contributed by atoms with Crippen LogP contribution in [0.3, 0.4) is 0 Å². The van der Waals surface area contributed by atoms with Crippen molar-refractivity contribution < 1.29 is 14.3 Å². The van der Waals surface area contributed by atoms with Crippen molar-refractivity contribution in [3.8, 4) is 0 Å². The Kier molecular flexibility index (Phi) is 4.26. The van der Waals surface area contributed by atoms with Crippen LogP contribution in [0.2, 0.25) is 0 Å². The third-order valence-corrected chi connectivity index (χ3v) is 1.52. The molecule has 0 bridgehead atoms. The van der Waals surface area contributed by atoms with Gasteiger partial charge in [0.15, 0.2) is 11.9 Å². The van der Waals surface area contributed by atoms with E-state index in [4.69, 9.17) is 4.74 Å². The van der Waals surface area contributed by atoms with Crippen molar-refractivity contribution in [2.75, 3.05) is 0 Å². The number of carbonyl (C=O) groups is 2. The fourth-order valence-electron chi connectivity index (χ4n) is 0.814. The molecule has 0 N–H and O–H groups in total. The van der Waals surface area contributed by atoms with Gasteiger partial charge in [-0.25, -0.2) is 0 Å². The molecule has 0 spiro atoms. The maximum absolute atomic E-state index is 11.0. The molecule has 0 radical (unpaired) electrons. The minimum absolute atomic E-state index is 0.152. The first kappa shape index (κ1) is 10.9. The molecule has 0 amide bonds. The Labute approximate surface area is 72.4 Å². The average molecular weight is 170 g/mol. The molecular weight excluding hydrogens is 156 g/mol. The zero-order valence-corrected chi connectivity index (χ0v) is 7.88. The van der Waals surface area contributed by atoms with E-state index in [1.807, 2.05) is 0 Å². The van der Waals surface area contributed by atoms with Crippen LogP contribution in [0.15, 0.2) is 11.6 Å². The van der Waals surface area contributed by atoms with Crippen LogP contribution in [0.5, 0.6) is 0 Å². The SMILES string of the molecule is CC=C(C)C(OC(C)=O)C(C)=O. The van der Waals surface area contributed by atoms with Gasteiger partial charge in [-0.1, -0.05) is 6.08 Å². The number of ether oxygens (including phenoxy) is 1. The van der Waals surface area contributed by atoms with Gasteiger partial charge in [0.2, 0.25) is 0 Å². The molecule has 0 rings (SSSR count). The van der Waals surface area contributed by atoms with Gasteiger partial charge in [0.25, 0.3) is 0 Å². The van der Waals surface area contributed by atoms with E-state index in [1.54, 1.807) is 19.9 Å². The molecule has 0 aromatic carbocycles. The van der Waals surface area contributed by atoms with E-state index < -0.39 is 12.1 Å². The topological polar surface area (TPSA) is 43.4 Å². The molecule has 0 aliphatic carbocycles. The fraction of sp³-hybridized carbons (Fsp3) is 0.556. The molecule has 3 nitrogen and oxygen atoms in total. The summed E-state index contributed by atoms with van der Waals surface area (Å²) in [5.74, 6) is -0.586. The molecule has 0 saturated heterocycles. The van der Waals surface area contributed by atoms with Gasteiger partial charge in [0.1, 0.15) is 0 Å². The summed E-state index contributed by atoms with van der Waals surface area (Å²) in [4.78, 5) is 21.5. The summed E-state index contributed by atoms with van der Waals surface area (Å²) in [6.07, 6.45) is 1.06. The van der Waals surface area contributed by atoms with Gasteiger partial charge in [-0.05, 0) is 26.3 Å². The van der Waals surface area contributed by atoms with Crippen LogP contribution in [0.1, 0.15) is 27.7 Å². The summed E-state index contributed by atoms with van der Waals surface area (Å²) < 4.78 is 4.81. The van der Waals surface area contributed by atoms with Gasteiger partial charge < -0.3 is 4.74 Å². The minimum atomic E-state index is -0.701. The van der Waals surface area contributed by atoms with Gasteiger partial charge in [0.05, 0.1) is 0 Å². The van der Waals surface area contributed by atoms with E-state index in [2.05, 4.69) is 0 Å². The van der Waals surface area contributed by atoms with Crippen LogP contribution < -0.4 is 0 Å². The van der Waals surface area contributed by atoms with Crippen LogP contribution in [0.4, 0.5) is 0 Å². The van der Waals surface area contributed by atoms with Crippen molar-refractivity contribution in [1.82, 2.24) is 0 Å². The summed E-state index contributed by atoms with van der Waals surface area (Å²) in [6, 6.07) is 0. The van der Waals surface area contributed by atoms with Crippen molar-refractivity contribution in [3.63, 3.8) is 0 Å². The Bertz CT molecular complexity index is 216. The van der Waals surface area contributed by atoms with Crippen LogP contribution in [-0.2, 0) is 14.3 Å². The lowest BCUT2D eigenvalue weighted by Crippen LogP contribution is -2.25. The van der Waals surface area contributed by atoms with Crippen LogP contribution >= 0.6 is 0 Å². The molecule has 1 atom stereocenters. The smallest absolute Gasteiger partial charge is 0.303 e. The monoisotopic (exact) mass is 170 g/mol. The van der Waals surface area contributed by atoms with E-state index in [-0.39, 0.29) is 5.78 Å². The number of hydrogen-bond donors (Lipinski definition) is 0. The molecule has 0 aliphatic heterocycles. The molecule has 68 valence electrons. The zero-order chi connectivity index (χ0) is 9.72. The summed E-state index contributed by atoms with van der Waals surface area (Å²) in [5.41, 5.74) is 0.762. The molecule has 0 aromatic rings. The van der Waals surface area contributed by atoms with Gasteiger partial charge in [0, 0.05) is 6.92 Å². The molecule has 0 aromatic heterocycles. The number of esters is 1. The highest BCUT2D eigenvalue weighted by Gasteiger charge is 2.18. The highest BCUT2D eigenvalue weighted by atomic mass is 16.5. The Morgan fingerprint density at radius 3 is 2.00 bits per heavy atom. The van der Waals surface area contributed by atoms with Crippen molar-refractivity contribution in [1.29, 1.82) is 0 Å². The van der Waals surface area contributed by atoms with Gasteiger partial charge >= 0.3 is 5.97 Å². The third-order valence-electron chi connectivity index (χ3n) is 1.52. The molecule has 12 heavy (non-hydrogen) atoms. The van der Waals surface area contributed by atoms with Crippen LogP contribution in [0, 0.1) is 0 Å².